The minimum absolute atomic E-state index is 0.0475. The average molecular weight is 202 g/mol. The zero-order valence-corrected chi connectivity index (χ0v) is 7.93. The molecule has 1 aromatic heterocycles. The third kappa shape index (κ3) is 1.23. The van der Waals surface area contributed by atoms with E-state index in [1.165, 1.54) is 4.68 Å². The van der Waals surface area contributed by atoms with Gasteiger partial charge in [-0.1, -0.05) is 0 Å². The van der Waals surface area contributed by atoms with Crippen molar-refractivity contribution < 1.29 is 13.9 Å². The van der Waals surface area contributed by atoms with Gasteiger partial charge in [-0.3, -0.25) is 4.68 Å². The topological polar surface area (TPSA) is 38.0 Å². The summed E-state index contributed by atoms with van der Waals surface area (Å²) in [6.45, 7) is -0.418. The van der Waals surface area contributed by atoms with Crippen LogP contribution in [-0.2, 0) is 26.0 Å². The van der Waals surface area contributed by atoms with Gasteiger partial charge in [-0.25, -0.2) is 8.78 Å². The van der Waals surface area contributed by atoms with Gasteiger partial charge >= 0.3 is 0 Å². The highest BCUT2D eigenvalue weighted by Crippen LogP contribution is 2.41. The fraction of sp³-hybridized carbons (Fsp3) is 0.667. The molecule has 0 unspecified atom stereocenters. The normalized spacial score (nSPS) is 19.4. The summed E-state index contributed by atoms with van der Waals surface area (Å²) < 4.78 is 28.4. The van der Waals surface area contributed by atoms with Crippen molar-refractivity contribution in [3.63, 3.8) is 0 Å². The number of aromatic nitrogens is 2. The molecule has 0 spiro atoms. The molecule has 0 fully saturated rings. The van der Waals surface area contributed by atoms with Crippen LogP contribution in [0, 0.1) is 0 Å². The van der Waals surface area contributed by atoms with Crippen molar-refractivity contribution in [2.75, 3.05) is 0 Å². The van der Waals surface area contributed by atoms with Crippen LogP contribution in [0.15, 0.2) is 0 Å². The van der Waals surface area contributed by atoms with Gasteiger partial charge in [-0.2, -0.15) is 5.10 Å². The van der Waals surface area contributed by atoms with E-state index < -0.39 is 12.5 Å². The van der Waals surface area contributed by atoms with Crippen molar-refractivity contribution in [2.24, 2.45) is 7.05 Å². The number of aliphatic hydroxyl groups is 1. The molecule has 1 heterocycles. The lowest BCUT2D eigenvalue weighted by Gasteiger charge is -2.22. The highest BCUT2D eigenvalue weighted by Gasteiger charge is 2.41. The van der Waals surface area contributed by atoms with Crippen LogP contribution in [0.25, 0.3) is 0 Å². The summed E-state index contributed by atoms with van der Waals surface area (Å²) in [6.07, 6.45) is 0.956. The summed E-state index contributed by atoms with van der Waals surface area (Å²) in [4.78, 5) is 0. The van der Waals surface area contributed by atoms with Crippen LogP contribution in [0.5, 0.6) is 0 Å². The van der Waals surface area contributed by atoms with Crippen LogP contribution in [0.2, 0.25) is 0 Å². The van der Waals surface area contributed by atoms with Gasteiger partial charge in [0, 0.05) is 19.2 Å². The predicted molar refractivity (Wildman–Crippen MR) is 46.0 cm³/mol. The SMILES string of the molecule is Cn1nc(CO)c2c1CCCC2(F)F. The zero-order valence-electron chi connectivity index (χ0n) is 7.93. The van der Waals surface area contributed by atoms with E-state index in [9.17, 15) is 8.78 Å². The first kappa shape index (κ1) is 9.58. The number of halogens is 2. The minimum Gasteiger partial charge on any atom is -0.390 e. The van der Waals surface area contributed by atoms with E-state index in [1.807, 2.05) is 0 Å². The second-order valence-corrected chi connectivity index (χ2v) is 3.61. The Hall–Kier alpha value is -0.970. The molecule has 0 amide bonds. The Morgan fingerprint density at radius 1 is 1.57 bits per heavy atom. The van der Waals surface area contributed by atoms with Crippen LogP contribution >= 0.6 is 0 Å². The van der Waals surface area contributed by atoms with Crippen molar-refractivity contribution in [1.29, 1.82) is 0 Å². The van der Waals surface area contributed by atoms with Crippen LogP contribution in [0.4, 0.5) is 8.78 Å². The van der Waals surface area contributed by atoms with Gasteiger partial charge in [0.1, 0.15) is 0 Å². The first-order chi connectivity index (χ1) is 6.56. The molecule has 0 atom stereocenters. The molecule has 1 aliphatic rings. The van der Waals surface area contributed by atoms with E-state index >= 15 is 0 Å². The van der Waals surface area contributed by atoms with Gasteiger partial charge in [0.25, 0.3) is 5.92 Å². The Morgan fingerprint density at radius 3 is 2.93 bits per heavy atom. The van der Waals surface area contributed by atoms with Gasteiger partial charge in [-0.05, 0) is 12.8 Å². The molecule has 0 aromatic carbocycles. The quantitative estimate of drug-likeness (QED) is 0.746. The molecule has 78 valence electrons. The molecule has 3 nitrogen and oxygen atoms in total. The molecule has 14 heavy (non-hydrogen) atoms. The van der Waals surface area contributed by atoms with Crippen molar-refractivity contribution >= 4 is 0 Å². The largest absolute Gasteiger partial charge is 0.390 e. The highest BCUT2D eigenvalue weighted by atomic mass is 19.3. The van der Waals surface area contributed by atoms with Gasteiger partial charge in [-0.15, -0.1) is 0 Å². The van der Waals surface area contributed by atoms with Gasteiger partial charge in [0.05, 0.1) is 17.9 Å². The summed E-state index contributed by atoms with van der Waals surface area (Å²) >= 11 is 0. The smallest absolute Gasteiger partial charge is 0.276 e. The van der Waals surface area contributed by atoms with Crippen LogP contribution < -0.4 is 0 Å². The molecule has 0 aliphatic heterocycles. The molecule has 0 saturated heterocycles. The zero-order chi connectivity index (χ0) is 10.3. The first-order valence-corrected chi connectivity index (χ1v) is 4.60. The Bertz CT molecular complexity index is 360. The number of hydrogen-bond acceptors (Lipinski definition) is 2. The number of fused-ring (bicyclic) bond motifs is 1. The van der Waals surface area contributed by atoms with Crippen molar-refractivity contribution in [1.82, 2.24) is 9.78 Å². The fourth-order valence-corrected chi connectivity index (χ4v) is 2.04. The molecule has 2 rings (SSSR count). The Balaban J connectivity index is 2.60. The molecule has 1 aromatic rings. The van der Waals surface area contributed by atoms with Gasteiger partial charge in [0.2, 0.25) is 0 Å². The van der Waals surface area contributed by atoms with Crippen molar-refractivity contribution in [3.05, 3.63) is 17.0 Å². The lowest BCUT2D eigenvalue weighted by Crippen LogP contribution is -2.22. The van der Waals surface area contributed by atoms with Crippen LogP contribution in [0.1, 0.15) is 29.8 Å². The standard InChI is InChI=1S/C9H12F2N2O/c1-13-7-3-2-4-9(10,11)8(7)6(5-14)12-13/h14H,2-5H2,1H3. The maximum atomic E-state index is 13.5. The van der Waals surface area contributed by atoms with E-state index in [4.69, 9.17) is 5.11 Å². The minimum atomic E-state index is -2.82. The Labute approximate surface area is 80.3 Å². The Morgan fingerprint density at radius 2 is 2.29 bits per heavy atom. The second kappa shape index (κ2) is 3.02. The number of hydrogen-bond donors (Lipinski definition) is 1. The summed E-state index contributed by atoms with van der Waals surface area (Å²) in [5.74, 6) is -2.82. The van der Waals surface area contributed by atoms with E-state index in [-0.39, 0.29) is 17.7 Å². The first-order valence-electron chi connectivity index (χ1n) is 4.60. The van der Waals surface area contributed by atoms with E-state index in [1.54, 1.807) is 7.05 Å². The van der Waals surface area contributed by atoms with Gasteiger partial charge < -0.3 is 5.11 Å². The molecular formula is C9H12F2N2O. The maximum absolute atomic E-state index is 13.5. The average Bonchev–Trinajstić information content (AvgIpc) is 2.44. The summed E-state index contributed by atoms with van der Waals surface area (Å²) in [6, 6.07) is 0. The van der Waals surface area contributed by atoms with Crippen LogP contribution in [-0.4, -0.2) is 14.9 Å². The lowest BCUT2D eigenvalue weighted by molar-refractivity contribution is -0.0237. The summed E-state index contributed by atoms with van der Waals surface area (Å²) in [5.41, 5.74) is 0.631. The molecule has 0 saturated carbocycles. The van der Waals surface area contributed by atoms with Crippen molar-refractivity contribution in [2.45, 2.75) is 31.8 Å². The molecule has 0 radical (unpaired) electrons. The predicted octanol–water partition coefficient (Wildman–Crippen LogP) is 1.34. The molecule has 1 aliphatic carbocycles. The third-order valence-corrected chi connectivity index (χ3v) is 2.66. The number of nitrogens with zero attached hydrogens (tertiary/aromatic N) is 2. The molecular weight excluding hydrogens is 190 g/mol. The third-order valence-electron chi connectivity index (χ3n) is 2.66. The van der Waals surface area contributed by atoms with Crippen molar-refractivity contribution in [3.8, 4) is 0 Å². The number of alkyl halides is 2. The second-order valence-electron chi connectivity index (χ2n) is 3.61. The highest BCUT2D eigenvalue weighted by molar-refractivity contribution is 5.32. The lowest BCUT2D eigenvalue weighted by atomic mass is 9.92. The fourth-order valence-electron chi connectivity index (χ4n) is 2.04. The molecule has 1 N–H and O–H groups in total. The summed E-state index contributed by atoms with van der Waals surface area (Å²) in [5, 5.41) is 12.8. The van der Waals surface area contributed by atoms with E-state index in [2.05, 4.69) is 5.10 Å². The maximum Gasteiger partial charge on any atom is 0.276 e. The van der Waals surface area contributed by atoms with Gasteiger partial charge in [0.15, 0.2) is 0 Å². The van der Waals surface area contributed by atoms with E-state index in [0.717, 1.165) is 0 Å². The molecule has 5 heteroatoms. The summed E-state index contributed by atoms with van der Waals surface area (Å²) in [7, 11) is 1.64. The van der Waals surface area contributed by atoms with Crippen LogP contribution in [0.3, 0.4) is 0 Å². The monoisotopic (exact) mass is 202 g/mol. The van der Waals surface area contributed by atoms with E-state index in [0.29, 0.717) is 18.5 Å². The number of aryl methyl sites for hydroxylation is 1. The number of rotatable bonds is 1. The Kier molecular flexibility index (Phi) is 2.06. The molecule has 0 bridgehead atoms. The number of aliphatic hydroxyl groups excluding tert-OH is 1.